The molecule has 6 heteroatoms. The van der Waals surface area contributed by atoms with Gasteiger partial charge in [0.25, 0.3) is 5.91 Å². The Kier molecular flexibility index (Phi) is 2.59. The summed E-state index contributed by atoms with van der Waals surface area (Å²) in [6.07, 6.45) is 1.46. The van der Waals surface area contributed by atoms with Crippen LogP contribution in [0.5, 0.6) is 5.75 Å². The van der Waals surface area contributed by atoms with Crippen LogP contribution in [0.1, 0.15) is 10.4 Å². The van der Waals surface area contributed by atoms with Crippen LogP contribution in [0.4, 0.5) is 5.00 Å². The Morgan fingerprint density at radius 2 is 2.33 bits per heavy atom. The fraction of sp³-hybridized carbons (Fsp3) is 0. The van der Waals surface area contributed by atoms with Crippen molar-refractivity contribution in [3.8, 4) is 5.75 Å². The van der Waals surface area contributed by atoms with Crippen molar-refractivity contribution in [1.82, 2.24) is 9.59 Å². The Morgan fingerprint density at radius 3 is 3.00 bits per heavy atom. The van der Waals surface area contributed by atoms with E-state index in [0.717, 1.165) is 11.5 Å². The Balaban J connectivity index is 2.15. The first-order valence-electron chi connectivity index (χ1n) is 4.13. The van der Waals surface area contributed by atoms with E-state index in [1.54, 1.807) is 12.1 Å². The maximum atomic E-state index is 11.6. The molecule has 0 bridgehead atoms. The highest BCUT2D eigenvalue weighted by Crippen LogP contribution is 2.14. The van der Waals surface area contributed by atoms with Crippen LogP contribution in [-0.4, -0.2) is 20.6 Å². The Bertz CT molecular complexity index is 470. The quantitative estimate of drug-likeness (QED) is 0.805. The van der Waals surface area contributed by atoms with Crippen molar-refractivity contribution in [3.05, 3.63) is 36.0 Å². The van der Waals surface area contributed by atoms with Crippen LogP contribution in [-0.2, 0) is 0 Å². The van der Waals surface area contributed by atoms with Crippen LogP contribution >= 0.6 is 11.5 Å². The Labute approximate surface area is 89.5 Å². The first-order valence-corrected chi connectivity index (χ1v) is 4.91. The lowest BCUT2D eigenvalue weighted by molar-refractivity contribution is 0.102. The molecule has 1 amide bonds. The zero-order valence-electron chi connectivity index (χ0n) is 7.54. The van der Waals surface area contributed by atoms with Crippen LogP contribution in [0.15, 0.2) is 30.5 Å². The summed E-state index contributed by atoms with van der Waals surface area (Å²) in [6, 6.07) is 6.12. The number of hydrogen-bond acceptors (Lipinski definition) is 5. The topological polar surface area (TPSA) is 75.1 Å². The third kappa shape index (κ3) is 2.29. The van der Waals surface area contributed by atoms with Gasteiger partial charge in [0.05, 0.1) is 6.20 Å². The van der Waals surface area contributed by atoms with Gasteiger partial charge in [0.15, 0.2) is 0 Å². The van der Waals surface area contributed by atoms with Crippen molar-refractivity contribution in [2.45, 2.75) is 0 Å². The Hall–Kier alpha value is -1.95. The molecule has 1 heterocycles. The van der Waals surface area contributed by atoms with E-state index in [1.165, 1.54) is 18.3 Å². The van der Waals surface area contributed by atoms with Gasteiger partial charge in [-0.2, -0.15) is 0 Å². The van der Waals surface area contributed by atoms with Crippen LogP contribution in [0, 0.1) is 0 Å². The number of carbonyl (C=O) groups is 1. The third-order valence-corrected chi connectivity index (χ3v) is 2.29. The van der Waals surface area contributed by atoms with E-state index in [4.69, 9.17) is 0 Å². The number of amides is 1. The van der Waals surface area contributed by atoms with Crippen LogP contribution < -0.4 is 5.32 Å². The van der Waals surface area contributed by atoms with Gasteiger partial charge in [-0.05, 0) is 18.2 Å². The standard InChI is InChI=1S/C9H7N3O2S/c13-7-3-1-2-6(4-7)9(14)11-8-5-10-12-15-8/h1-5,13H,(H,11,14). The van der Waals surface area contributed by atoms with Crippen molar-refractivity contribution in [2.75, 3.05) is 5.32 Å². The first kappa shape index (κ1) is 9.60. The summed E-state index contributed by atoms with van der Waals surface area (Å²) in [7, 11) is 0. The van der Waals surface area contributed by atoms with Crippen molar-refractivity contribution in [3.63, 3.8) is 0 Å². The molecule has 1 aromatic heterocycles. The predicted molar refractivity (Wildman–Crippen MR) is 56.0 cm³/mol. The summed E-state index contributed by atoms with van der Waals surface area (Å²) >= 11 is 1.09. The fourth-order valence-corrected chi connectivity index (χ4v) is 1.47. The zero-order chi connectivity index (χ0) is 10.7. The normalized spacial score (nSPS) is 9.87. The monoisotopic (exact) mass is 221 g/mol. The Morgan fingerprint density at radius 1 is 1.47 bits per heavy atom. The molecule has 1 aromatic carbocycles. The maximum Gasteiger partial charge on any atom is 0.256 e. The molecule has 0 fully saturated rings. The smallest absolute Gasteiger partial charge is 0.256 e. The number of carbonyl (C=O) groups excluding carboxylic acids is 1. The lowest BCUT2D eigenvalue weighted by Gasteiger charge is -2.01. The largest absolute Gasteiger partial charge is 0.508 e. The number of phenolic OH excluding ortho intramolecular Hbond substituents is 1. The molecule has 0 aliphatic rings. The molecule has 0 spiro atoms. The lowest BCUT2D eigenvalue weighted by Crippen LogP contribution is -2.10. The van der Waals surface area contributed by atoms with Gasteiger partial charge in [-0.1, -0.05) is 10.6 Å². The molecule has 0 saturated carbocycles. The molecule has 5 nitrogen and oxygen atoms in total. The summed E-state index contributed by atoms with van der Waals surface area (Å²) in [5.74, 6) is -0.234. The molecule has 15 heavy (non-hydrogen) atoms. The van der Waals surface area contributed by atoms with Gasteiger partial charge in [0.2, 0.25) is 0 Å². The molecule has 2 aromatic rings. The number of phenols is 1. The number of aromatic nitrogens is 2. The minimum atomic E-state index is -0.294. The number of benzene rings is 1. The second kappa shape index (κ2) is 4.05. The molecule has 0 saturated heterocycles. The number of rotatable bonds is 2. The summed E-state index contributed by atoms with van der Waals surface area (Å²) in [4.78, 5) is 11.6. The van der Waals surface area contributed by atoms with Crippen molar-refractivity contribution >= 4 is 22.4 Å². The van der Waals surface area contributed by atoms with Gasteiger partial charge in [-0.25, -0.2) is 0 Å². The second-order valence-electron chi connectivity index (χ2n) is 2.79. The third-order valence-electron chi connectivity index (χ3n) is 1.71. The average Bonchev–Trinajstić information content (AvgIpc) is 2.70. The van der Waals surface area contributed by atoms with Gasteiger partial charge in [0.1, 0.15) is 10.8 Å². The molecule has 76 valence electrons. The molecular formula is C9H7N3O2S. The summed E-state index contributed by atoms with van der Waals surface area (Å²) in [6.45, 7) is 0. The highest BCUT2D eigenvalue weighted by molar-refractivity contribution is 7.10. The first-order chi connectivity index (χ1) is 7.25. The maximum absolute atomic E-state index is 11.6. The number of hydrogen-bond donors (Lipinski definition) is 2. The summed E-state index contributed by atoms with van der Waals surface area (Å²) < 4.78 is 3.61. The SMILES string of the molecule is O=C(Nc1cnns1)c1cccc(O)c1. The molecule has 2 rings (SSSR count). The number of anilines is 1. The van der Waals surface area contributed by atoms with Gasteiger partial charge < -0.3 is 10.4 Å². The number of aromatic hydroxyl groups is 1. The van der Waals surface area contributed by atoms with Gasteiger partial charge in [-0.15, -0.1) is 5.10 Å². The van der Waals surface area contributed by atoms with Crippen LogP contribution in [0.3, 0.4) is 0 Å². The van der Waals surface area contributed by atoms with E-state index in [9.17, 15) is 9.90 Å². The number of nitrogens with zero attached hydrogens (tertiary/aromatic N) is 2. The van der Waals surface area contributed by atoms with Crippen molar-refractivity contribution < 1.29 is 9.90 Å². The van der Waals surface area contributed by atoms with Gasteiger partial charge >= 0.3 is 0 Å². The molecule has 0 radical (unpaired) electrons. The summed E-state index contributed by atoms with van der Waals surface area (Å²) in [5.41, 5.74) is 0.392. The van der Waals surface area contributed by atoms with E-state index in [1.807, 2.05) is 0 Å². The minimum absolute atomic E-state index is 0.0603. The van der Waals surface area contributed by atoms with Gasteiger partial charge in [0, 0.05) is 17.1 Å². The van der Waals surface area contributed by atoms with Crippen molar-refractivity contribution in [1.29, 1.82) is 0 Å². The fourth-order valence-electron chi connectivity index (χ4n) is 1.05. The van der Waals surface area contributed by atoms with Crippen LogP contribution in [0.25, 0.3) is 0 Å². The predicted octanol–water partition coefficient (Wildman–Crippen LogP) is 1.50. The highest BCUT2D eigenvalue weighted by atomic mass is 32.1. The molecule has 0 aliphatic heterocycles. The van der Waals surface area contributed by atoms with Crippen molar-refractivity contribution in [2.24, 2.45) is 0 Å². The van der Waals surface area contributed by atoms with E-state index in [-0.39, 0.29) is 11.7 Å². The van der Waals surface area contributed by atoms with E-state index in [2.05, 4.69) is 14.9 Å². The van der Waals surface area contributed by atoms with E-state index in [0.29, 0.717) is 10.6 Å². The van der Waals surface area contributed by atoms with E-state index >= 15 is 0 Å². The molecule has 0 aliphatic carbocycles. The minimum Gasteiger partial charge on any atom is -0.508 e. The van der Waals surface area contributed by atoms with E-state index < -0.39 is 0 Å². The zero-order valence-corrected chi connectivity index (χ0v) is 8.36. The van der Waals surface area contributed by atoms with Gasteiger partial charge in [-0.3, -0.25) is 4.79 Å². The number of nitrogens with one attached hydrogen (secondary N) is 1. The molecule has 0 atom stereocenters. The van der Waals surface area contributed by atoms with Crippen LogP contribution in [0.2, 0.25) is 0 Å². The molecule has 2 N–H and O–H groups in total. The average molecular weight is 221 g/mol. The summed E-state index contributed by atoms with van der Waals surface area (Å²) in [5, 5.41) is 16.0. The second-order valence-corrected chi connectivity index (χ2v) is 3.57. The molecule has 0 unspecified atom stereocenters. The molecular weight excluding hydrogens is 214 g/mol. The lowest BCUT2D eigenvalue weighted by atomic mass is 10.2. The highest BCUT2D eigenvalue weighted by Gasteiger charge is 2.07.